The molecule has 1 saturated heterocycles. The van der Waals surface area contributed by atoms with E-state index in [0.29, 0.717) is 0 Å². The summed E-state index contributed by atoms with van der Waals surface area (Å²) in [6, 6.07) is 6.81. The van der Waals surface area contributed by atoms with E-state index in [-0.39, 0.29) is 16.4 Å². The summed E-state index contributed by atoms with van der Waals surface area (Å²) in [7, 11) is 0. The van der Waals surface area contributed by atoms with Gasteiger partial charge in [0.15, 0.2) is 0 Å². The molecule has 0 amide bonds. The van der Waals surface area contributed by atoms with E-state index in [1.54, 1.807) is 0 Å². The molecule has 2 rings (SSSR count). The van der Waals surface area contributed by atoms with Crippen molar-refractivity contribution in [1.29, 1.82) is 0 Å². The quantitative estimate of drug-likeness (QED) is 0.886. The molecule has 0 saturated carbocycles. The van der Waals surface area contributed by atoms with E-state index in [9.17, 15) is 0 Å². The first-order valence-corrected chi connectivity index (χ1v) is 7.06. The summed E-state index contributed by atoms with van der Waals surface area (Å²) in [5, 5.41) is 0. The third-order valence-electron chi connectivity index (χ3n) is 4.54. The Bertz CT molecular complexity index is 473. The van der Waals surface area contributed by atoms with Gasteiger partial charge in [0, 0.05) is 5.54 Å². The van der Waals surface area contributed by atoms with E-state index in [1.807, 2.05) is 0 Å². The first kappa shape index (κ1) is 14.5. The molecule has 1 aliphatic rings. The van der Waals surface area contributed by atoms with Crippen LogP contribution in [0.4, 0.5) is 0 Å². The van der Waals surface area contributed by atoms with Crippen molar-refractivity contribution < 1.29 is 4.74 Å². The van der Waals surface area contributed by atoms with Crippen LogP contribution in [0.5, 0.6) is 0 Å². The third kappa shape index (κ3) is 2.32. The van der Waals surface area contributed by atoms with Crippen molar-refractivity contribution in [3.05, 3.63) is 34.9 Å². The Morgan fingerprint density at radius 2 is 1.68 bits per heavy atom. The average Bonchev–Trinajstić information content (AvgIpc) is 2.14. The lowest BCUT2D eigenvalue weighted by Crippen LogP contribution is -2.65. The Labute approximate surface area is 117 Å². The highest BCUT2D eigenvalue weighted by molar-refractivity contribution is 5.42. The highest BCUT2D eigenvalue weighted by Crippen LogP contribution is 2.42. The van der Waals surface area contributed by atoms with E-state index in [1.165, 1.54) is 16.7 Å². The van der Waals surface area contributed by atoms with Gasteiger partial charge in [-0.1, -0.05) is 39.0 Å². The zero-order valence-corrected chi connectivity index (χ0v) is 13.1. The Balaban J connectivity index is 2.47. The minimum atomic E-state index is -0.265. The second-order valence-corrected chi connectivity index (χ2v) is 7.58. The summed E-state index contributed by atoms with van der Waals surface area (Å²) >= 11 is 0. The van der Waals surface area contributed by atoms with Gasteiger partial charge in [0.25, 0.3) is 0 Å². The smallest absolute Gasteiger partial charge is 0.0603 e. The standard InChI is InChI=1S/C17H27NO/c1-12-9-13(15(2,3)4)7-8-14(12)17(10-19-11-17)16(5,6)18/h7-9H,10-11,18H2,1-6H3. The van der Waals surface area contributed by atoms with Gasteiger partial charge in [-0.3, -0.25) is 0 Å². The third-order valence-corrected chi connectivity index (χ3v) is 4.54. The average molecular weight is 261 g/mol. The zero-order chi connectivity index (χ0) is 14.5. The van der Waals surface area contributed by atoms with Gasteiger partial charge in [0.05, 0.1) is 18.6 Å². The van der Waals surface area contributed by atoms with E-state index < -0.39 is 0 Å². The van der Waals surface area contributed by atoms with Crippen LogP contribution in [0.1, 0.15) is 51.3 Å². The summed E-state index contributed by atoms with van der Waals surface area (Å²) in [6.07, 6.45) is 0. The van der Waals surface area contributed by atoms with Gasteiger partial charge in [-0.05, 0) is 42.9 Å². The minimum Gasteiger partial charge on any atom is -0.379 e. The summed E-state index contributed by atoms with van der Waals surface area (Å²) < 4.78 is 5.49. The fourth-order valence-electron chi connectivity index (χ4n) is 2.85. The number of aryl methyl sites for hydroxylation is 1. The van der Waals surface area contributed by atoms with Gasteiger partial charge < -0.3 is 10.5 Å². The number of hydrogen-bond donors (Lipinski definition) is 1. The van der Waals surface area contributed by atoms with Crippen molar-refractivity contribution in [3.8, 4) is 0 Å². The van der Waals surface area contributed by atoms with Crippen molar-refractivity contribution in [2.45, 2.75) is 57.9 Å². The molecule has 0 radical (unpaired) electrons. The van der Waals surface area contributed by atoms with E-state index in [4.69, 9.17) is 10.5 Å². The highest BCUT2D eigenvalue weighted by Gasteiger charge is 2.50. The molecule has 0 aliphatic carbocycles. The van der Waals surface area contributed by atoms with Gasteiger partial charge in [0.2, 0.25) is 0 Å². The normalized spacial score (nSPS) is 19.1. The van der Waals surface area contributed by atoms with E-state index in [2.05, 4.69) is 59.7 Å². The van der Waals surface area contributed by atoms with E-state index >= 15 is 0 Å². The van der Waals surface area contributed by atoms with Crippen molar-refractivity contribution in [3.63, 3.8) is 0 Å². The Kier molecular flexibility index (Phi) is 3.31. The molecular formula is C17H27NO. The van der Waals surface area contributed by atoms with Gasteiger partial charge in [-0.2, -0.15) is 0 Å². The SMILES string of the molecule is Cc1cc(C(C)(C)C)ccc1C1(C(C)(C)N)COC1. The van der Waals surface area contributed by atoms with Gasteiger partial charge in [0.1, 0.15) is 0 Å². The first-order chi connectivity index (χ1) is 8.58. The van der Waals surface area contributed by atoms with Crippen molar-refractivity contribution in [1.82, 2.24) is 0 Å². The van der Waals surface area contributed by atoms with Gasteiger partial charge >= 0.3 is 0 Å². The molecule has 2 heteroatoms. The van der Waals surface area contributed by atoms with Crippen LogP contribution in [0.2, 0.25) is 0 Å². The predicted octanol–water partition coefficient (Wildman–Crippen LogP) is 3.30. The number of ether oxygens (including phenoxy) is 1. The molecule has 0 spiro atoms. The Hall–Kier alpha value is -0.860. The van der Waals surface area contributed by atoms with Gasteiger partial charge in [-0.25, -0.2) is 0 Å². The molecule has 0 atom stereocenters. The fraction of sp³-hybridized carbons (Fsp3) is 0.647. The molecule has 1 aromatic carbocycles. The van der Waals surface area contributed by atoms with Crippen LogP contribution in [0.3, 0.4) is 0 Å². The second kappa shape index (κ2) is 4.32. The largest absolute Gasteiger partial charge is 0.379 e. The molecular weight excluding hydrogens is 234 g/mol. The molecule has 0 unspecified atom stereocenters. The molecule has 1 heterocycles. The molecule has 19 heavy (non-hydrogen) atoms. The van der Waals surface area contributed by atoms with Crippen LogP contribution in [0.25, 0.3) is 0 Å². The minimum absolute atomic E-state index is 0.0342. The summed E-state index contributed by atoms with van der Waals surface area (Å²) in [5.41, 5.74) is 10.4. The summed E-state index contributed by atoms with van der Waals surface area (Å²) in [4.78, 5) is 0. The predicted molar refractivity (Wildman–Crippen MR) is 80.6 cm³/mol. The van der Waals surface area contributed by atoms with Gasteiger partial charge in [-0.15, -0.1) is 0 Å². The molecule has 2 N–H and O–H groups in total. The second-order valence-electron chi connectivity index (χ2n) is 7.58. The summed E-state index contributed by atoms with van der Waals surface area (Å²) in [5.74, 6) is 0. The number of hydrogen-bond acceptors (Lipinski definition) is 2. The summed E-state index contributed by atoms with van der Waals surface area (Å²) in [6.45, 7) is 14.6. The molecule has 0 aromatic heterocycles. The lowest BCUT2D eigenvalue weighted by molar-refractivity contribution is -0.0922. The fourth-order valence-corrected chi connectivity index (χ4v) is 2.85. The maximum atomic E-state index is 6.42. The zero-order valence-electron chi connectivity index (χ0n) is 13.1. The lowest BCUT2D eigenvalue weighted by atomic mass is 9.64. The highest BCUT2D eigenvalue weighted by atomic mass is 16.5. The molecule has 106 valence electrons. The monoisotopic (exact) mass is 261 g/mol. The first-order valence-electron chi connectivity index (χ1n) is 7.06. The molecule has 1 fully saturated rings. The van der Waals surface area contributed by atoms with Crippen LogP contribution in [-0.4, -0.2) is 18.8 Å². The van der Waals surface area contributed by atoms with Crippen LogP contribution >= 0.6 is 0 Å². The molecule has 2 nitrogen and oxygen atoms in total. The van der Waals surface area contributed by atoms with Crippen LogP contribution in [0, 0.1) is 6.92 Å². The van der Waals surface area contributed by atoms with Crippen molar-refractivity contribution in [2.24, 2.45) is 5.73 Å². The van der Waals surface area contributed by atoms with Crippen LogP contribution in [-0.2, 0) is 15.6 Å². The molecule has 1 aliphatic heterocycles. The number of benzene rings is 1. The Morgan fingerprint density at radius 3 is 2.00 bits per heavy atom. The maximum Gasteiger partial charge on any atom is 0.0603 e. The topological polar surface area (TPSA) is 35.2 Å². The molecule has 0 bridgehead atoms. The van der Waals surface area contributed by atoms with E-state index in [0.717, 1.165) is 13.2 Å². The molecule has 1 aromatic rings. The number of nitrogens with two attached hydrogens (primary N) is 1. The van der Waals surface area contributed by atoms with Crippen LogP contribution in [0.15, 0.2) is 18.2 Å². The maximum absolute atomic E-state index is 6.42. The Morgan fingerprint density at radius 1 is 1.11 bits per heavy atom. The van der Waals surface area contributed by atoms with Crippen molar-refractivity contribution in [2.75, 3.05) is 13.2 Å². The lowest BCUT2D eigenvalue weighted by Gasteiger charge is -2.51. The van der Waals surface area contributed by atoms with Crippen molar-refractivity contribution >= 4 is 0 Å². The number of rotatable bonds is 2. The van der Waals surface area contributed by atoms with Crippen LogP contribution < -0.4 is 5.73 Å².